The quantitative estimate of drug-likeness (QED) is 0.927. The Hall–Kier alpha value is -1.53. The number of nitrogens with one attached hydrogen (secondary N) is 1. The van der Waals surface area contributed by atoms with Crippen LogP contribution in [0.5, 0.6) is 0 Å². The summed E-state index contributed by atoms with van der Waals surface area (Å²) in [5, 5.41) is 4.25. The van der Waals surface area contributed by atoms with E-state index in [2.05, 4.69) is 9.82 Å². The first kappa shape index (κ1) is 11.9. The Bertz CT molecular complexity index is 637. The molecule has 0 amide bonds. The summed E-state index contributed by atoms with van der Waals surface area (Å²) in [5.41, 5.74) is 0. The normalized spacial score (nSPS) is 11.4. The molecule has 1 aromatic carbocycles. The molecule has 2 aromatic rings. The van der Waals surface area contributed by atoms with Gasteiger partial charge in [-0.05, 0) is 18.2 Å². The largest absolute Gasteiger partial charge is 0.264 e. The molecule has 0 atom stereocenters. The van der Waals surface area contributed by atoms with Crippen molar-refractivity contribution in [3.05, 3.63) is 41.6 Å². The highest BCUT2D eigenvalue weighted by Crippen LogP contribution is 2.18. The Morgan fingerprint density at radius 3 is 2.71 bits per heavy atom. The maximum Gasteiger partial charge on any atom is 0.263 e. The number of hydrogen-bond donors (Lipinski definition) is 1. The van der Waals surface area contributed by atoms with Crippen molar-refractivity contribution in [1.82, 2.24) is 9.78 Å². The van der Waals surface area contributed by atoms with Crippen molar-refractivity contribution in [2.75, 3.05) is 4.72 Å². The van der Waals surface area contributed by atoms with Gasteiger partial charge in [0.2, 0.25) is 0 Å². The summed E-state index contributed by atoms with van der Waals surface area (Å²) in [7, 11) is -1.97. The number of halogens is 1. The Morgan fingerprint density at radius 2 is 2.12 bits per heavy atom. The molecule has 2 rings (SSSR count). The lowest BCUT2D eigenvalue weighted by atomic mass is 10.4. The van der Waals surface area contributed by atoms with E-state index >= 15 is 0 Å². The zero-order valence-corrected chi connectivity index (χ0v) is 10.5. The third-order valence-electron chi connectivity index (χ3n) is 2.17. The van der Waals surface area contributed by atoms with Crippen molar-refractivity contribution in [1.29, 1.82) is 0 Å². The van der Waals surface area contributed by atoms with Crippen molar-refractivity contribution in [2.24, 2.45) is 7.05 Å². The van der Waals surface area contributed by atoms with Crippen molar-refractivity contribution in [3.8, 4) is 0 Å². The molecule has 0 bridgehead atoms. The molecule has 90 valence electrons. The molecule has 5 nitrogen and oxygen atoms in total. The van der Waals surface area contributed by atoms with E-state index in [1.54, 1.807) is 25.2 Å². The molecule has 0 aliphatic heterocycles. The Morgan fingerprint density at radius 1 is 1.35 bits per heavy atom. The van der Waals surface area contributed by atoms with E-state index in [0.29, 0.717) is 10.8 Å². The van der Waals surface area contributed by atoms with Crippen LogP contribution in [0.25, 0.3) is 0 Å². The Balaban J connectivity index is 2.35. The Labute approximate surface area is 104 Å². The molecule has 0 radical (unpaired) electrons. The van der Waals surface area contributed by atoms with Gasteiger partial charge in [-0.3, -0.25) is 9.40 Å². The van der Waals surface area contributed by atoms with Crippen LogP contribution in [-0.4, -0.2) is 18.2 Å². The first-order chi connectivity index (χ1) is 7.99. The van der Waals surface area contributed by atoms with Crippen molar-refractivity contribution in [2.45, 2.75) is 4.90 Å². The maximum absolute atomic E-state index is 12.0. The van der Waals surface area contributed by atoms with E-state index in [-0.39, 0.29) is 4.90 Å². The predicted molar refractivity (Wildman–Crippen MR) is 65.5 cm³/mol. The minimum Gasteiger partial charge on any atom is -0.264 e. The third kappa shape index (κ3) is 2.59. The molecule has 7 heteroatoms. The van der Waals surface area contributed by atoms with Gasteiger partial charge in [0.05, 0.1) is 11.1 Å². The minimum absolute atomic E-state index is 0.117. The van der Waals surface area contributed by atoms with Crippen LogP contribution in [0.2, 0.25) is 5.02 Å². The van der Waals surface area contributed by atoms with Gasteiger partial charge in [-0.2, -0.15) is 5.10 Å². The lowest BCUT2D eigenvalue weighted by molar-refractivity contribution is 0.600. The number of hydrogen-bond acceptors (Lipinski definition) is 3. The van der Waals surface area contributed by atoms with Gasteiger partial charge in [0.25, 0.3) is 10.0 Å². The number of sulfonamides is 1. The summed E-state index contributed by atoms with van der Waals surface area (Å²) in [6.07, 6.45) is 1.51. The molecule has 1 aromatic heterocycles. The standard InChI is InChI=1S/C10H10ClN3O2S/c1-14-10(5-6-12-14)13-17(15,16)9-4-2-3-8(11)7-9/h2-7,13H,1H3. The molecule has 0 aliphatic rings. The van der Waals surface area contributed by atoms with Crippen LogP contribution in [-0.2, 0) is 17.1 Å². The van der Waals surface area contributed by atoms with Crippen molar-refractivity contribution < 1.29 is 8.42 Å². The van der Waals surface area contributed by atoms with Gasteiger partial charge in [-0.25, -0.2) is 8.42 Å². The fourth-order valence-corrected chi connectivity index (χ4v) is 2.69. The molecule has 0 saturated heterocycles. The van der Waals surface area contributed by atoms with Crippen LogP contribution in [0.1, 0.15) is 0 Å². The third-order valence-corrected chi connectivity index (χ3v) is 3.75. The highest BCUT2D eigenvalue weighted by molar-refractivity contribution is 7.92. The average molecular weight is 272 g/mol. The number of nitrogens with zero attached hydrogens (tertiary/aromatic N) is 2. The first-order valence-electron chi connectivity index (χ1n) is 4.75. The molecular formula is C10H10ClN3O2S. The highest BCUT2D eigenvalue weighted by atomic mass is 35.5. The van der Waals surface area contributed by atoms with Gasteiger partial charge >= 0.3 is 0 Å². The first-order valence-corrected chi connectivity index (χ1v) is 6.61. The molecule has 0 fully saturated rings. The zero-order valence-electron chi connectivity index (χ0n) is 8.96. The molecule has 1 heterocycles. The van der Waals surface area contributed by atoms with Crippen LogP contribution < -0.4 is 4.72 Å². The van der Waals surface area contributed by atoms with Gasteiger partial charge in [0, 0.05) is 18.1 Å². The lowest BCUT2D eigenvalue weighted by Gasteiger charge is -2.07. The smallest absolute Gasteiger partial charge is 0.263 e. The summed E-state index contributed by atoms with van der Waals surface area (Å²) < 4.78 is 27.8. The molecule has 17 heavy (non-hydrogen) atoms. The average Bonchev–Trinajstić information content (AvgIpc) is 2.64. The fraction of sp³-hybridized carbons (Fsp3) is 0.100. The van der Waals surface area contributed by atoms with Crippen LogP contribution >= 0.6 is 11.6 Å². The Kier molecular flexibility index (Phi) is 3.08. The molecule has 0 saturated carbocycles. The van der Waals surface area contributed by atoms with Crippen LogP contribution in [0.3, 0.4) is 0 Å². The van der Waals surface area contributed by atoms with E-state index in [9.17, 15) is 8.42 Å². The van der Waals surface area contributed by atoms with Gasteiger partial charge in [-0.15, -0.1) is 0 Å². The second kappa shape index (κ2) is 4.38. The number of aromatic nitrogens is 2. The maximum atomic E-state index is 12.0. The number of rotatable bonds is 3. The van der Waals surface area contributed by atoms with Gasteiger partial charge < -0.3 is 0 Å². The van der Waals surface area contributed by atoms with Crippen LogP contribution in [0.4, 0.5) is 5.82 Å². The summed E-state index contributed by atoms with van der Waals surface area (Å²) in [6.45, 7) is 0. The topological polar surface area (TPSA) is 64.0 Å². The molecule has 0 aliphatic carbocycles. The molecule has 0 unspecified atom stereocenters. The van der Waals surface area contributed by atoms with Crippen LogP contribution in [0, 0.1) is 0 Å². The van der Waals surface area contributed by atoms with E-state index in [4.69, 9.17) is 11.6 Å². The SMILES string of the molecule is Cn1nccc1NS(=O)(=O)c1cccc(Cl)c1. The fourth-order valence-electron chi connectivity index (χ4n) is 1.30. The van der Waals surface area contributed by atoms with E-state index < -0.39 is 10.0 Å². The highest BCUT2D eigenvalue weighted by Gasteiger charge is 2.15. The molecule has 1 N–H and O–H groups in total. The molecule has 0 spiro atoms. The van der Waals surface area contributed by atoms with E-state index in [1.165, 1.54) is 23.0 Å². The van der Waals surface area contributed by atoms with Crippen molar-refractivity contribution in [3.63, 3.8) is 0 Å². The number of anilines is 1. The second-order valence-corrected chi connectivity index (χ2v) is 5.52. The van der Waals surface area contributed by atoms with Gasteiger partial charge in [-0.1, -0.05) is 17.7 Å². The summed E-state index contributed by atoms with van der Waals surface area (Å²) in [6, 6.07) is 7.64. The second-order valence-electron chi connectivity index (χ2n) is 3.40. The summed E-state index contributed by atoms with van der Waals surface area (Å²) in [4.78, 5) is 0.117. The van der Waals surface area contributed by atoms with E-state index in [1.807, 2.05) is 0 Å². The summed E-state index contributed by atoms with van der Waals surface area (Å²) >= 11 is 5.75. The van der Waals surface area contributed by atoms with Crippen LogP contribution in [0.15, 0.2) is 41.4 Å². The monoisotopic (exact) mass is 271 g/mol. The van der Waals surface area contributed by atoms with Crippen molar-refractivity contribution >= 4 is 27.4 Å². The van der Waals surface area contributed by atoms with Gasteiger partial charge in [0.15, 0.2) is 0 Å². The predicted octanol–water partition coefficient (Wildman–Crippen LogP) is 1.87. The summed E-state index contributed by atoms with van der Waals surface area (Å²) in [5.74, 6) is 0.393. The minimum atomic E-state index is -3.62. The number of benzene rings is 1. The number of aryl methyl sites for hydroxylation is 1. The zero-order chi connectivity index (χ0) is 12.5. The molecular weight excluding hydrogens is 262 g/mol. The lowest BCUT2D eigenvalue weighted by Crippen LogP contribution is -2.15. The van der Waals surface area contributed by atoms with E-state index in [0.717, 1.165) is 0 Å². The van der Waals surface area contributed by atoms with Gasteiger partial charge in [0.1, 0.15) is 5.82 Å².